The molecule has 0 aliphatic heterocycles. The highest BCUT2D eigenvalue weighted by molar-refractivity contribution is 9.10. The molecule has 3 N–H and O–H groups in total. The minimum absolute atomic E-state index is 0.0878. The van der Waals surface area contributed by atoms with Gasteiger partial charge in [-0.2, -0.15) is 0 Å². The SMILES string of the molecule is Cc1ccc(C(CN)(CO)Cc2cc(F)ccc2Br)cc1. The fraction of sp³-hybridized carbons (Fsp3) is 0.294. The van der Waals surface area contributed by atoms with Crippen LogP contribution in [0.3, 0.4) is 0 Å². The Morgan fingerprint density at radius 2 is 1.86 bits per heavy atom. The molecule has 0 aliphatic rings. The van der Waals surface area contributed by atoms with Crippen LogP contribution in [-0.2, 0) is 11.8 Å². The maximum Gasteiger partial charge on any atom is 0.123 e. The summed E-state index contributed by atoms with van der Waals surface area (Å²) in [7, 11) is 0. The van der Waals surface area contributed by atoms with Crippen molar-refractivity contribution in [3.05, 3.63) is 69.4 Å². The van der Waals surface area contributed by atoms with Gasteiger partial charge < -0.3 is 10.8 Å². The standard InChI is InChI=1S/C17H19BrFNO/c1-12-2-4-14(5-3-12)17(10-20,11-21)9-13-8-15(19)6-7-16(13)18/h2-8,21H,9-11,20H2,1H3. The Kier molecular flexibility index (Phi) is 5.14. The molecular formula is C17H19BrFNO. The van der Waals surface area contributed by atoms with Gasteiger partial charge in [0.15, 0.2) is 0 Å². The van der Waals surface area contributed by atoms with Crippen molar-refractivity contribution in [1.82, 2.24) is 0 Å². The highest BCUT2D eigenvalue weighted by Crippen LogP contribution is 2.31. The molecule has 0 aromatic heterocycles. The van der Waals surface area contributed by atoms with Crippen molar-refractivity contribution >= 4 is 15.9 Å². The molecular weight excluding hydrogens is 333 g/mol. The van der Waals surface area contributed by atoms with Gasteiger partial charge >= 0.3 is 0 Å². The molecule has 0 fully saturated rings. The topological polar surface area (TPSA) is 46.2 Å². The predicted octanol–water partition coefficient (Wildman–Crippen LogP) is 3.33. The van der Waals surface area contributed by atoms with Crippen LogP contribution in [0.4, 0.5) is 4.39 Å². The lowest BCUT2D eigenvalue weighted by molar-refractivity contribution is 0.196. The Morgan fingerprint density at radius 1 is 1.19 bits per heavy atom. The van der Waals surface area contributed by atoms with Crippen molar-refractivity contribution < 1.29 is 9.50 Å². The predicted molar refractivity (Wildman–Crippen MR) is 86.8 cm³/mol. The highest BCUT2D eigenvalue weighted by atomic mass is 79.9. The molecule has 2 aromatic rings. The summed E-state index contributed by atoms with van der Waals surface area (Å²) in [6.07, 6.45) is 0.474. The van der Waals surface area contributed by atoms with Crippen LogP contribution in [0.15, 0.2) is 46.9 Å². The first-order valence-electron chi connectivity index (χ1n) is 6.83. The van der Waals surface area contributed by atoms with Crippen LogP contribution < -0.4 is 5.73 Å². The highest BCUT2D eigenvalue weighted by Gasteiger charge is 2.31. The molecule has 0 heterocycles. The van der Waals surface area contributed by atoms with E-state index in [0.29, 0.717) is 6.42 Å². The van der Waals surface area contributed by atoms with Crippen molar-refractivity contribution in [2.45, 2.75) is 18.8 Å². The van der Waals surface area contributed by atoms with Gasteiger partial charge in [-0.05, 0) is 42.7 Å². The lowest BCUT2D eigenvalue weighted by Gasteiger charge is -2.32. The monoisotopic (exact) mass is 351 g/mol. The van der Waals surface area contributed by atoms with Crippen molar-refractivity contribution in [1.29, 1.82) is 0 Å². The second kappa shape index (κ2) is 6.69. The molecule has 112 valence electrons. The van der Waals surface area contributed by atoms with Gasteiger partial charge in [-0.25, -0.2) is 4.39 Å². The fourth-order valence-corrected chi connectivity index (χ4v) is 2.84. The number of aliphatic hydroxyl groups is 1. The largest absolute Gasteiger partial charge is 0.395 e. The molecule has 0 amide bonds. The summed E-state index contributed by atoms with van der Waals surface area (Å²) < 4.78 is 14.3. The van der Waals surface area contributed by atoms with Crippen LogP contribution in [0.25, 0.3) is 0 Å². The van der Waals surface area contributed by atoms with Gasteiger partial charge in [-0.15, -0.1) is 0 Å². The van der Waals surface area contributed by atoms with E-state index in [-0.39, 0.29) is 19.0 Å². The van der Waals surface area contributed by atoms with Gasteiger partial charge in [0, 0.05) is 16.4 Å². The van der Waals surface area contributed by atoms with Gasteiger partial charge in [0.05, 0.1) is 6.61 Å². The molecule has 0 aliphatic carbocycles. The van der Waals surface area contributed by atoms with Crippen molar-refractivity contribution in [3.8, 4) is 0 Å². The minimum Gasteiger partial charge on any atom is -0.395 e. The molecule has 2 rings (SSSR count). The van der Waals surface area contributed by atoms with Crippen LogP contribution in [0.2, 0.25) is 0 Å². The maximum atomic E-state index is 13.5. The molecule has 21 heavy (non-hydrogen) atoms. The van der Waals surface area contributed by atoms with E-state index in [1.54, 1.807) is 6.07 Å². The van der Waals surface area contributed by atoms with Gasteiger partial charge in [-0.3, -0.25) is 0 Å². The van der Waals surface area contributed by atoms with Crippen LogP contribution in [0, 0.1) is 12.7 Å². The van der Waals surface area contributed by atoms with Crippen molar-refractivity contribution in [2.24, 2.45) is 5.73 Å². The van der Waals surface area contributed by atoms with E-state index in [4.69, 9.17) is 5.73 Å². The fourth-order valence-electron chi connectivity index (χ4n) is 2.45. The van der Waals surface area contributed by atoms with E-state index in [2.05, 4.69) is 15.9 Å². The second-order valence-corrected chi connectivity index (χ2v) is 6.28. The van der Waals surface area contributed by atoms with E-state index in [1.165, 1.54) is 12.1 Å². The third-order valence-corrected chi connectivity index (χ3v) is 4.67. The number of aryl methyl sites for hydroxylation is 1. The van der Waals surface area contributed by atoms with Crippen LogP contribution in [-0.4, -0.2) is 18.3 Å². The summed E-state index contributed by atoms with van der Waals surface area (Å²) in [6.45, 7) is 2.21. The summed E-state index contributed by atoms with van der Waals surface area (Å²) in [5, 5.41) is 9.93. The van der Waals surface area contributed by atoms with Crippen LogP contribution >= 0.6 is 15.9 Å². The summed E-state index contributed by atoms with van der Waals surface area (Å²) >= 11 is 3.44. The first kappa shape index (κ1) is 16.1. The zero-order valence-electron chi connectivity index (χ0n) is 11.9. The van der Waals surface area contributed by atoms with Crippen molar-refractivity contribution in [3.63, 3.8) is 0 Å². The summed E-state index contributed by atoms with van der Waals surface area (Å²) in [4.78, 5) is 0. The minimum atomic E-state index is -0.607. The molecule has 2 aromatic carbocycles. The Hall–Kier alpha value is -1.23. The number of rotatable bonds is 5. The molecule has 0 saturated heterocycles. The zero-order chi connectivity index (χ0) is 15.5. The lowest BCUT2D eigenvalue weighted by atomic mass is 9.76. The van der Waals surface area contributed by atoms with Crippen molar-refractivity contribution in [2.75, 3.05) is 13.2 Å². The van der Waals surface area contributed by atoms with Gasteiger partial charge in [0.25, 0.3) is 0 Å². The molecule has 1 atom stereocenters. The number of benzene rings is 2. The van der Waals surface area contributed by atoms with E-state index in [0.717, 1.165) is 21.2 Å². The van der Waals surface area contributed by atoms with Gasteiger partial charge in [0.1, 0.15) is 5.82 Å². The molecule has 2 nitrogen and oxygen atoms in total. The molecule has 0 bridgehead atoms. The average molecular weight is 352 g/mol. The molecule has 4 heteroatoms. The molecule has 0 spiro atoms. The number of hydrogen-bond donors (Lipinski definition) is 2. The molecule has 0 saturated carbocycles. The lowest BCUT2D eigenvalue weighted by Crippen LogP contribution is -2.41. The summed E-state index contributed by atoms with van der Waals surface area (Å²) in [6, 6.07) is 12.5. The van der Waals surface area contributed by atoms with Crippen LogP contribution in [0.5, 0.6) is 0 Å². The maximum absolute atomic E-state index is 13.5. The number of hydrogen-bond acceptors (Lipinski definition) is 2. The Bertz CT molecular complexity index is 609. The van der Waals surface area contributed by atoms with Gasteiger partial charge in [0.2, 0.25) is 0 Å². The molecule has 0 radical (unpaired) electrons. The first-order valence-corrected chi connectivity index (χ1v) is 7.62. The average Bonchev–Trinajstić information content (AvgIpc) is 2.49. The first-order chi connectivity index (χ1) is 10.0. The van der Waals surface area contributed by atoms with E-state index < -0.39 is 5.41 Å². The zero-order valence-corrected chi connectivity index (χ0v) is 13.5. The molecule has 1 unspecified atom stereocenters. The quantitative estimate of drug-likeness (QED) is 0.867. The Balaban J connectivity index is 2.42. The van der Waals surface area contributed by atoms with E-state index in [1.807, 2.05) is 31.2 Å². The smallest absolute Gasteiger partial charge is 0.123 e. The Labute approximate surface area is 132 Å². The third kappa shape index (κ3) is 3.51. The van der Waals surface area contributed by atoms with Crippen LogP contribution in [0.1, 0.15) is 16.7 Å². The number of nitrogens with two attached hydrogens (primary N) is 1. The Morgan fingerprint density at radius 3 is 2.43 bits per heavy atom. The number of aliphatic hydroxyl groups excluding tert-OH is 1. The second-order valence-electron chi connectivity index (χ2n) is 5.42. The number of halogens is 2. The van der Waals surface area contributed by atoms with Gasteiger partial charge in [-0.1, -0.05) is 45.8 Å². The normalized spacial score (nSPS) is 14.0. The van der Waals surface area contributed by atoms with E-state index >= 15 is 0 Å². The van der Waals surface area contributed by atoms with E-state index in [9.17, 15) is 9.50 Å². The summed E-state index contributed by atoms with van der Waals surface area (Å²) in [5.74, 6) is -0.291. The third-order valence-electron chi connectivity index (χ3n) is 3.89. The summed E-state index contributed by atoms with van der Waals surface area (Å²) in [5.41, 5.74) is 8.26.